The van der Waals surface area contributed by atoms with Crippen LogP contribution in [0.2, 0.25) is 10.0 Å². The Labute approximate surface area is 105 Å². The van der Waals surface area contributed by atoms with Gasteiger partial charge in [-0.25, -0.2) is 0 Å². The molecule has 0 aromatic heterocycles. The number of nitrogens with one attached hydrogen (secondary N) is 1. The monoisotopic (exact) mass is 261 g/mol. The Morgan fingerprint density at radius 2 is 2.19 bits per heavy atom. The van der Waals surface area contributed by atoms with Crippen molar-refractivity contribution in [2.75, 3.05) is 26.9 Å². The van der Waals surface area contributed by atoms with Crippen molar-refractivity contribution in [3.63, 3.8) is 0 Å². The van der Waals surface area contributed by atoms with Crippen LogP contribution in [0.5, 0.6) is 5.75 Å². The van der Waals surface area contributed by atoms with E-state index >= 15 is 0 Å². The van der Waals surface area contributed by atoms with E-state index in [0.717, 1.165) is 18.7 Å². The Kier molecular flexibility index (Phi) is 3.92. The molecule has 88 valence electrons. The van der Waals surface area contributed by atoms with E-state index in [1.807, 2.05) is 12.1 Å². The topological polar surface area (TPSA) is 30.5 Å². The van der Waals surface area contributed by atoms with Crippen LogP contribution in [0, 0.1) is 0 Å². The van der Waals surface area contributed by atoms with Crippen LogP contribution in [0.15, 0.2) is 12.1 Å². The molecule has 2 rings (SSSR count). The lowest BCUT2D eigenvalue weighted by molar-refractivity contribution is 0.0769. The van der Waals surface area contributed by atoms with E-state index in [-0.39, 0.29) is 6.04 Å². The first-order valence-electron chi connectivity index (χ1n) is 5.07. The van der Waals surface area contributed by atoms with Crippen molar-refractivity contribution in [1.82, 2.24) is 5.32 Å². The summed E-state index contributed by atoms with van der Waals surface area (Å²) in [6.07, 6.45) is 0. The second-order valence-corrected chi connectivity index (χ2v) is 4.32. The van der Waals surface area contributed by atoms with Gasteiger partial charge in [-0.15, -0.1) is 0 Å². The molecule has 3 nitrogen and oxygen atoms in total. The molecular weight excluding hydrogens is 249 g/mol. The standard InChI is InChI=1S/C11H13Cl2NO2/c1-15-9-3-2-7(10(12)11(9)13)8-6-16-5-4-14-8/h2-3,8,14H,4-6H2,1H3. The number of rotatable bonds is 2. The zero-order chi connectivity index (χ0) is 11.5. The summed E-state index contributed by atoms with van der Waals surface area (Å²) in [5.74, 6) is 0.590. The van der Waals surface area contributed by atoms with Crippen LogP contribution in [0.25, 0.3) is 0 Å². The number of morpholine rings is 1. The highest BCUT2D eigenvalue weighted by Gasteiger charge is 2.20. The number of hydrogen-bond acceptors (Lipinski definition) is 3. The van der Waals surface area contributed by atoms with E-state index in [1.54, 1.807) is 7.11 Å². The maximum Gasteiger partial charge on any atom is 0.139 e. The number of benzene rings is 1. The smallest absolute Gasteiger partial charge is 0.139 e. The molecule has 0 aliphatic carbocycles. The predicted octanol–water partition coefficient (Wildman–Crippen LogP) is 2.66. The van der Waals surface area contributed by atoms with E-state index < -0.39 is 0 Å². The average Bonchev–Trinajstić information content (AvgIpc) is 2.34. The van der Waals surface area contributed by atoms with E-state index in [4.69, 9.17) is 32.7 Å². The third-order valence-corrected chi connectivity index (χ3v) is 3.47. The first-order valence-corrected chi connectivity index (χ1v) is 5.82. The van der Waals surface area contributed by atoms with Crippen LogP contribution in [0.4, 0.5) is 0 Å². The Morgan fingerprint density at radius 3 is 2.81 bits per heavy atom. The highest BCUT2D eigenvalue weighted by Crippen LogP contribution is 2.37. The van der Waals surface area contributed by atoms with Crippen LogP contribution in [0.1, 0.15) is 11.6 Å². The van der Waals surface area contributed by atoms with Crippen LogP contribution in [-0.2, 0) is 4.74 Å². The highest BCUT2D eigenvalue weighted by atomic mass is 35.5. The molecule has 1 N–H and O–H groups in total. The molecule has 1 aliphatic heterocycles. The van der Waals surface area contributed by atoms with Gasteiger partial charge in [0.05, 0.1) is 31.4 Å². The van der Waals surface area contributed by atoms with Gasteiger partial charge in [0.2, 0.25) is 0 Å². The van der Waals surface area contributed by atoms with Gasteiger partial charge in [0.1, 0.15) is 10.8 Å². The Balaban J connectivity index is 2.30. The third-order valence-electron chi connectivity index (χ3n) is 2.59. The summed E-state index contributed by atoms with van der Waals surface area (Å²) in [6.45, 7) is 2.17. The van der Waals surface area contributed by atoms with Gasteiger partial charge >= 0.3 is 0 Å². The minimum atomic E-state index is 0.102. The van der Waals surface area contributed by atoms with Gasteiger partial charge in [0.25, 0.3) is 0 Å². The van der Waals surface area contributed by atoms with Crippen LogP contribution in [0.3, 0.4) is 0 Å². The zero-order valence-corrected chi connectivity index (χ0v) is 10.4. The van der Waals surface area contributed by atoms with Gasteiger partial charge in [-0.2, -0.15) is 0 Å². The van der Waals surface area contributed by atoms with E-state index in [0.29, 0.717) is 22.4 Å². The fraction of sp³-hybridized carbons (Fsp3) is 0.455. The third kappa shape index (κ3) is 2.28. The van der Waals surface area contributed by atoms with Crippen molar-refractivity contribution >= 4 is 23.2 Å². The predicted molar refractivity (Wildman–Crippen MR) is 64.6 cm³/mol. The number of methoxy groups -OCH3 is 1. The summed E-state index contributed by atoms with van der Waals surface area (Å²) in [5, 5.41) is 4.32. The molecule has 0 spiro atoms. The van der Waals surface area contributed by atoms with Gasteiger partial charge in [-0.1, -0.05) is 29.3 Å². The fourth-order valence-electron chi connectivity index (χ4n) is 1.74. The van der Waals surface area contributed by atoms with Crippen molar-refractivity contribution in [2.24, 2.45) is 0 Å². The normalized spacial score (nSPS) is 20.8. The summed E-state index contributed by atoms with van der Waals surface area (Å²) in [7, 11) is 1.57. The second kappa shape index (κ2) is 5.23. The molecule has 16 heavy (non-hydrogen) atoms. The lowest BCUT2D eigenvalue weighted by atomic mass is 10.1. The van der Waals surface area contributed by atoms with Gasteiger partial charge in [0, 0.05) is 6.54 Å². The molecule has 1 aromatic rings. The highest BCUT2D eigenvalue weighted by molar-refractivity contribution is 6.43. The van der Waals surface area contributed by atoms with Gasteiger partial charge in [-0.3, -0.25) is 0 Å². The largest absolute Gasteiger partial charge is 0.495 e. The number of halogens is 2. The Hall–Kier alpha value is -0.480. The number of hydrogen-bond donors (Lipinski definition) is 1. The van der Waals surface area contributed by atoms with E-state index in [9.17, 15) is 0 Å². The van der Waals surface area contributed by atoms with Crippen molar-refractivity contribution in [1.29, 1.82) is 0 Å². The molecule has 1 fully saturated rings. The number of ether oxygens (including phenoxy) is 2. The first-order chi connectivity index (χ1) is 7.74. The summed E-state index contributed by atoms with van der Waals surface area (Å²) in [4.78, 5) is 0. The zero-order valence-electron chi connectivity index (χ0n) is 8.93. The molecule has 0 saturated carbocycles. The molecule has 1 unspecified atom stereocenters. The SMILES string of the molecule is COc1ccc(C2COCCN2)c(Cl)c1Cl. The van der Waals surface area contributed by atoms with Gasteiger partial charge in [-0.05, 0) is 11.6 Å². The van der Waals surface area contributed by atoms with Crippen molar-refractivity contribution in [2.45, 2.75) is 6.04 Å². The van der Waals surface area contributed by atoms with E-state index in [2.05, 4.69) is 5.32 Å². The maximum atomic E-state index is 6.20. The van der Waals surface area contributed by atoms with Crippen LogP contribution < -0.4 is 10.1 Å². The van der Waals surface area contributed by atoms with Crippen molar-refractivity contribution in [3.8, 4) is 5.75 Å². The minimum absolute atomic E-state index is 0.102. The lowest BCUT2D eigenvalue weighted by Gasteiger charge is -2.25. The van der Waals surface area contributed by atoms with Crippen molar-refractivity contribution in [3.05, 3.63) is 27.7 Å². The van der Waals surface area contributed by atoms with Crippen LogP contribution >= 0.6 is 23.2 Å². The van der Waals surface area contributed by atoms with Crippen molar-refractivity contribution < 1.29 is 9.47 Å². The summed E-state index contributed by atoms with van der Waals surface area (Å²) in [6, 6.07) is 3.84. The molecule has 1 heterocycles. The quantitative estimate of drug-likeness (QED) is 0.888. The Morgan fingerprint density at radius 1 is 1.38 bits per heavy atom. The van der Waals surface area contributed by atoms with Gasteiger partial charge < -0.3 is 14.8 Å². The molecule has 0 radical (unpaired) electrons. The minimum Gasteiger partial charge on any atom is -0.495 e. The molecule has 5 heteroatoms. The average molecular weight is 262 g/mol. The Bertz CT molecular complexity index is 378. The molecule has 1 aliphatic rings. The summed E-state index contributed by atoms with van der Waals surface area (Å²) < 4.78 is 10.5. The van der Waals surface area contributed by atoms with E-state index in [1.165, 1.54) is 0 Å². The molecule has 1 aromatic carbocycles. The lowest BCUT2D eigenvalue weighted by Crippen LogP contribution is -2.34. The maximum absolute atomic E-state index is 6.20. The second-order valence-electron chi connectivity index (χ2n) is 3.57. The summed E-state index contributed by atoms with van der Waals surface area (Å²) in [5.41, 5.74) is 0.951. The molecule has 1 saturated heterocycles. The molecule has 0 bridgehead atoms. The molecular formula is C11H13Cl2NO2. The molecule has 1 atom stereocenters. The summed E-state index contributed by atoms with van der Waals surface area (Å²) >= 11 is 12.3. The molecule has 0 amide bonds. The first kappa shape index (κ1) is 12.0. The van der Waals surface area contributed by atoms with Crippen LogP contribution in [-0.4, -0.2) is 26.9 Å². The fourth-order valence-corrected chi connectivity index (χ4v) is 2.28. The van der Waals surface area contributed by atoms with Gasteiger partial charge in [0.15, 0.2) is 0 Å².